The molecule has 0 atom stereocenters. The van der Waals surface area contributed by atoms with Gasteiger partial charge in [0.1, 0.15) is 29.9 Å². The van der Waals surface area contributed by atoms with E-state index in [1.807, 2.05) is 0 Å². The molecule has 192 valence electrons. The molecule has 4 rings (SSSR count). The number of alkyl halides is 1. The second kappa shape index (κ2) is 12.3. The highest BCUT2D eigenvalue weighted by Crippen LogP contribution is 2.42. The molecule has 0 heterocycles. The highest BCUT2D eigenvalue weighted by Gasteiger charge is 2.31. The second-order valence-corrected chi connectivity index (χ2v) is 10.7. The summed E-state index contributed by atoms with van der Waals surface area (Å²) in [5.41, 5.74) is -0.534. The van der Waals surface area contributed by atoms with Crippen LogP contribution in [0, 0.1) is 41.1 Å². The predicted molar refractivity (Wildman–Crippen MR) is 132 cm³/mol. The summed E-state index contributed by atoms with van der Waals surface area (Å²) in [5.74, 6) is 0.948. The number of hydrogen-bond acceptors (Lipinski definition) is 1. The summed E-state index contributed by atoms with van der Waals surface area (Å²) in [6.07, 6.45) is 14.5. The van der Waals surface area contributed by atoms with E-state index in [-0.39, 0.29) is 11.1 Å². The number of ether oxygens (including phenoxy) is 1. The fourth-order valence-corrected chi connectivity index (χ4v) is 6.19. The van der Waals surface area contributed by atoms with Crippen molar-refractivity contribution in [2.75, 3.05) is 6.61 Å². The fourth-order valence-electron chi connectivity index (χ4n) is 6.19. The van der Waals surface area contributed by atoms with Crippen molar-refractivity contribution in [1.82, 2.24) is 0 Å². The number of halogens is 4. The normalized spacial score (nSPS) is 24.9. The molecular formula is C30H38F4O. The SMILES string of the molecule is CCCCC1CCC(C2CCC(COc3ccc(-c4cc(F)c(CF)c(F)c4)c(F)c3)CC2)CC1. The van der Waals surface area contributed by atoms with Gasteiger partial charge in [-0.05, 0) is 92.0 Å². The zero-order valence-electron chi connectivity index (χ0n) is 20.8. The third-order valence-electron chi connectivity index (χ3n) is 8.43. The van der Waals surface area contributed by atoms with Crippen molar-refractivity contribution < 1.29 is 22.3 Å². The molecule has 2 saturated carbocycles. The Bertz CT molecular complexity index is 936. The Kier molecular flexibility index (Phi) is 9.13. The van der Waals surface area contributed by atoms with Gasteiger partial charge in [0.2, 0.25) is 0 Å². The van der Waals surface area contributed by atoms with Crippen molar-refractivity contribution in [3.8, 4) is 16.9 Å². The maximum absolute atomic E-state index is 14.7. The summed E-state index contributed by atoms with van der Waals surface area (Å²) in [5, 5.41) is 0. The summed E-state index contributed by atoms with van der Waals surface area (Å²) in [6, 6.07) is 6.28. The van der Waals surface area contributed by atoms with E-state index in [1.54, 1.807) is 6.07 Å². The molecule has 0 bridgehead atoms. The van der Waals surface area contributed by atoms with Crippen molar-refractivity contribution in [1.29, 1.82) is 0 Å². The lowest BCUT2D eigenvalue weighted by molar-refractivity contribution is 0.121. The topological polar surface area (TPSA) is 9.23 Å². The van der Waals surface area contributed by atoms with Crippen LogP contribution in [0.25, 0.3) is 11.1 Å². The van der Waals surface area contributed by atoms with E-state index in [9.17, 15) is 17.6 Å². The van der Waals surface area contributed by atoms with Crippen molar-refractivity contribution in [3.05, 3.63) is 53.3 Å². The molecule has 0 aromatic heterocycles. The molecule has 0 spiro atoms. The van der Waals surface area contributed by atoms with Gasteiger partial charge in [0, 0.05) is 11.6 Å². The molecule has 2 aromatic carbocycles. The Labute approximate surface area is 207 Å². The Morgan fingerprint density at radius 2 is 1.37 bits per heavy atom. The number of unbranched alkanes of at least 4 members (excludes halogenated alkanes) is 1. The largest absolute Gasteiger partial charge is 0.493 e. The molecular weight excluding hydrogens is 452 g/mol. The predicted octanol–water partition coefficient (Wildman–Crippen LogP) is 9.42. The van der Waals surface area contributed by atoms with E-state index >= 15 is 0 Å². The number of benzene rings is 2. The standard InChI is InChI=1S/C30H38F4O/c1-2-3-4-20-5-9-22(10-6-20)23-11-7-21(8-12-23)19-35-25-13-14-26(30(34)17-25)24-15-28(32)27(18-31)29(33)16-24/h13-17,20-23H,2-12,18-19H2,1H3. The lowest BCUT2D eigenvalue weighted by Gasteiger charge is -2.38. The van der Waals surface area contributed by atoms with Gasteiger partial charge in [-0.25, -0.2) is 17.6 Å². The first-order valence-electron chi connectivity index (χ1n) is 13.4. The van der Waals surface area contributed by atoms with Crippen LogP contribution in [0.5, 0.6) is 5.75 Å². The molecule has 5 heteroatoms. The third kappa shape index (κ3) is 6.59. The molecule has 0 saturated heterocycles. The second-order valence-electron chi connectivity index (χ2n) is 10.7. The molecule has 0 aliphatic heterocycles. The van der Waals surface area contributed by atoms with Crippen LogP contribution in [-0.4, -0.2) is 6.61 Å². The summed E-state index contributed by atoms with van der Waals surface area (Å²) >= 11 is 0. The van der Waals surface area contributed by atoms with Gasteiger partial charge in [0.15, 0.2) is 0 Å². The first kappa shape index (κ1) is 26.0. The molecule has 2 fully saturated rings. The summed E-state index contributed by atoms with van der Waals surface area (Å²) in [4.78, 5) is 0. The summed E-state index contributed by atoms with van der Waals surface area (Å²) < 4.78 is 61.2. The minimum Gasteiger partial charge on any atom is -0.493 e. The molecule has 0 N–H and O–H groups in total. The van der Waals surface area contributed by atoms with Crippen LogP contribution in [-0.2, 0) is 6.67 Å². The zero-order valence-corrected chi connectivity index (χ0v) is 20.8. The highest BCUT2D eigenvalue weighted by atomic mass is 19.1. The third-order valence-corrected chi connectivity index (χ3v) is 8.43. The smallest absolute Gasteiger partial charge is 0.134 e. The molecule has 0 radical (unpaired) electrons. The van der Waals surface area contributed by atoms with Gasteiger partial charge >= 0.3 is 0 Å². The Balaban J connectivity index is 1.25. The van der Waals surface area contributed by atoms with E-state index in [0.29, 0.717) is 18.3 Å². The molecule has 0 unspecified atom stereocenters. The van der Waals surface area contributed by atoms with E-state index < -0.39 is 29.7 Å². The van der Waals surface area contributed by atoms with E-state index in [0.717, 1.165) is 42.7 Å². The number of hydrogen-bond donors (Lipinski definition) is 0. The molecule has 1 nitrogen and oxygen atoms in total. The minimum atomic E-state index is -1.24. The van der Waals surface area contributed by atoms with Crippen molar-refractivity contribution in [3.63, 3.8) is 0 Å². The molecule has 2 aliphatic rings. The van der Waals surface area contributed by atoms with Gasteiger partial charge in [-0.15, -0.1) is 0 Å². The fraction of sp³-hybridized carbons (Fsp3) is 0.600. The van der Waals surface area contributed by atoms with E-state index in [1.165, 1.54) is 69.9 Å². The molecule has 2 aromatic rings. The van der Waals surface area contributed by atoms with E-state index in [2.05, 4.69) is 6.92 Å². The van der Waals surface area contributed by atoms with Gasteiger partial charge in [0.25, 0.3) is 0 Å². The van der Waals surface area contributed by atoms with Crippen molar-refractivity contribution >= 4 is 0 Å². The van der Waals surface area contributed by atoms with Gasteiger partial charge in [-0.3, -0.25) is 0 Å². The minimum absolute atomic E-state index is 0.0407. The van der Waals surface area contributed by atoms with Crippen LogP contribution in [0.4, 0.5) is 17.6 Å². The Morgan fingerprint density at radius 3 is 1.91 bits per heavy atom. The van der Waals surface area contributed by atoms with Crippen LogP contribution in [0.15, 0.2) is 30.3 Å². The average Bonchev–Trinajstić information content (AvgIpc) is 2.87. The van der Waals surface area contributed by atoms with Crippen LogP contribution in [0.3, 0.4) is 0 Å². The van der Waals surface area contributed by atoms with Crippen molar-refractivity contribution in [2.45, 2.75) is 84.2 Å². The maximum Gasteiger partial charge on any atom is 0.134 e. The lowest BCUT2D eigenvalue weighted by Crippen LogP contribution is -2.27. The van der Waals surface area contributed by atoms with Crippen LogP contribution >= 0.6 is 0 Å². The van der Waals surface area contributed by atoms with Crippen LogP contribution in [0.1, 0.15) is 83.1 Å². The molecule has 0 amide bonds. The quantitative estimate of drug-likeness (QED) is 0.318. The monoisotopic (exact) mass is 490 g/mol. The first-order valence-corrected chi connectivity index (χ1v) is 13.4. The lowest BCUT2D eigenvalue weighted by atomic mass is 9.69. The van der Waals surface area contributed by atoms with Gasteiger partial charge < -0.3 is 4.74 Å². The number of rotatable bonds is 9. The Hall–Kier alpha value is -2.04. The summed E-state index contributed by atoms with van der Waals surface area (Å²) in [6.45, 7) is 1.60. The molecule has 2 aliphatic carbocycles. The summed E-state index contributed by atoms with van der Waals surface area (Å²) in [7, 11) is 0. The van der Waals surface area contributed by atoms with Gasteiger partial charge in [0.05, 0.1) is 12.2 Å². The highest BCUT2D eigenvalue weighted by molar-refractivity contribution is 5.65. The Morgan fingerprint density at radius 1 is 0.771 bits per heavy atom. The van der Waals surface area contributed by atoms with Crippen LogP contribution < -0.4 is 4.74 Å². The van der Waals surface area contributed by atoms with Gasteiger partial charge in [-0.2, -0.15) is 0 Å². The van der Waals surface area contributed by atoms with Gasteiger partial charge in [-0.1, -0.05) is 39.0 Å². The maximum atomic E-state index is 14.7. The van der Waals surface area contributed by atoms with Crippen LogP contribution in [0.2, 0.25) is 0 Å². The zero-order chi connectivity index (χ0) is 24.8. The average molecular weight is 491 g/mol. The van der Waals surface area contributed by atoms with E-state index in [4.69, 9.17) is 4.74 Å². The first-order chi connectivity index (χ1) is 17.0. The molecule has 35 heavy (non-hydrogen) atoms. The van der Waals surface area contributed by atoms with Crippen molar-refractivity contribution in [2.24, 2.45) is 23.7 Å².